The lowest BCUT2D eigenvalue weighted by atomic mass is 10.4. The lowest BCUT2D eigenvalue weighted by Gasteiger charge is -1.99. The Morgan fingerprint density at radius 1 is 1.31 bits per heavy atom. The van der Waals surface area contributed by atoms with Crippen LogP contribution >= 0.6 is 0 Å². The van der Waals surface area contributed by atoms with Crippen LogP contribution in [0, 0.1) is 6.92 Å². The summed E-state index contributed by atoms with van der Waals surface area (Å²) < 4.78 is 10.4. The summed E-state index contributed by atoms with van der Waals surface area (Å²) in [7, 11) is 0. The third-order valence-electron chi connectivity index (χ3n) is 2.05. The van der Waals surface area contributed by atoms with Crippen LogP contribution in [0.5, 0.6) is 0 Å². The van der Waals surface area contributed by atoms with Gasteiger partial charge >= 0.3 is 5.97 Å². The van der Waals surface area contributed by atoms with Gasteiger partial charge in [-0.05, 0) is 25.1 Å². The Balaban J connectivity index is 1.97. The summed E-state index contributed by atoms with van der Waals surface area (Å²) in [5, 5.41) is 11.6. The van der Waals surface area contributed by atoms with Crippen LogP contribution in [-0.2, 0) is 6.54 Å². The predicted octanol–water partition coefficient (Wildman–Crippen LogP) is 2.49. The van der Waals surface area contributed by atoms with Crippen LogP contribution in [0.1, 0.15) is 22.1 Å². The summed E-state index contributed by atoms with van der Waals surface area (Å²) in [5.41, 5.74) is 0. The number of aryl methyl sites for hydroxylation is 1. The van der Waals surface area contributed by atoms with Gasteiger partial charge < -0.3 is 19.3 Å². The Morgan fingerprint density at radius 2 is 2.12 bits per heavy atom. The second-order valence-corrected chi connectivity index (χ2v) is 3.33. The summed E-state index contributed by atoms with van der Waals surface area (Å²) in [6.07, 6.45) is 0. The summed E-state index contributed by atoms with van der Waals surface area (Å²) in [5.74, 6) is 0.847. The standard InChI is InChI=1S/C11H11NO4/c1-7-2-3-8(15-7)6-12-10-5-4-9(16-10)11(13)14/h2-5,12H,6H2,1H3,(H,13,14). The van der Waals surface area contributed by atoms with Crippen LogP contribution in [0.4, 0.5) is 5.88 Å². The average Bonchev–Trinajstić information content (AvgIpc) is 2.83. The van der Waals surface area contributed by atoms with Gasteiger partial charge in [-0.2, -0.15) is 0 Å². The first-order valence-corrected chi connectivity index (χ1v) is 4.77. The molecule has 5 nitrogen and oxygen atoms in total. The molecule has 0 aliphatic rings. The zero-order valence-corrected chi connectivity index (χ0v) is 8.69. The number of carbonyl (C=O) groups is 1. The van der Waals surface area contributed by atoms with E-state index in [1.807, 2.05) is 19.1 Å². The van der Waals surface area contributed by atoms with Crippen LogP contribution in [-0.4, -0.2) is 11.1 Å². The molecule has 2 aromatic heterocycles. The number of carboxylic acids is 1. The van der Waals surface area contributed by atoms with Gasteiger partial charge in [0.25, 0.3) is 0 Å². The van der Waals surface area contributed by atoms with Gasteiger partial charge in [-0.15, -0.1) is 0 Å². The molecule has 0 spiro atoms. The van der Waals surface area contributed by atoms with E-state index in [4.69, 9.17) is 13.9 Å². The highest BCUT2D eigenvalue weighted by Gasteiger charge is 2.08. The number of rotatable bonds is 4. The molecule has 2 heterocycles. The zero-order chi connectivity index (χ0) is 11.5. The highest BCUT2D eigenvalue weighted by atomic mass is 16.4. The molecule has 5 heteroatoms. The first-order chi connectivity index (χ1) is 7.65. The predicted molar refractivity (Wildman–Crippen MR) is 56.4 cm³/mol. The molecule has 0 saturated carbocycles. The van der Waals surface area contributed by atoms with E-state index >= 15 is 0 Å². The van der Waals surface area contributed by atoms with Crippen LogP contribution in [0.15, 0.2) is 33.1 Å². The largest absolute Gasteiger partial charge is 0.475 e. The number of carboxylic acid groups (broad SMARTS) is 1. The molecule has 0 atom stereocenters. The van der Waals surface area contributed by atoms with Crippen molar-refractivity contribution < 1.29 is 18.7 Å². The van der Waals surface area contributed by atoms with Gasteiger partial charge in [0.2, 0.25) is 5.76 Å². The Labute approximate surface area is 91.7 Å². The zero-order valence-electron chi connectivity index (χ0n) is 8.69. The Morgan fingerprint density at radius 3 is 2.69 bits per heavy atom. The third kappa shape index (κ3) is 2.25. The fraction of sp³-hybridized carbons (Fsp3) is 0.182. The van der Waals surface area contributed by atoms with E-state index in [2.05, 4.69) is 5.32 Å². The molecular formula is C11H11NO4. The molecule has 0 bridgehead atoms. The molecule has 2 rings (SSSR count). The Bertz CT molecular complexity index is 498. The molecule has 0 aliphatic heterocycles. The monoisotopic (exact) mass is 221 g/mol. The SMILES string of the molecule is Cc1ccc(CNc2ccc(C(=O)O)o2)o1. The molecule has 0 radical (unpaired) electrons. The van der Waals surface area contributed by atoms with E-state index in [-0.39, 0.29) is 5.76 Å². The number of nitrogens with one attached hydrogen (secondary N) is 1. The second kappa shape index (κ2) is 4.14. The molecule has 0 aliphatic carbocycles. The van der Waals surface area contributed by atoms with Crippen molar-refractivity contribution in [3.8, 4) is 0 Å². The van der Waals surface area contributed by atoms with E-state index in [9.17, 15) is 4.79 Å². The quantitative estimate of drug-likeness (QED) is 0.829. The van der Waals surface area contributed by atoms with Gasteiger partial charge in [0, 0.05) is 6.07 Å². The Hall–Kier alpha value is -2.17. The van der Waals surface area contributed by atoms with Crippen molar-refractivity contribution in [3.05, 3.63) is 41.5 Å². The van der Waals surface area contributed by atoms with Crippen LogP contribution in [0.25, 0.3) is 0 Å². The van der Waals surface area contributed by atoms with E-state index < -0.39 is 5.97 Å². The highest BCUT2D eigenvalue weighted by Crippen LogP contribution is 2.15. The second-order valence-electron chi connectivity index (χ2n) is 3.33. The fourth-order valence-corrected chi connectivity index (χ4v) is 1.30. The molecule has 0 fully saturated rings. The summed E-state index contributed by atoms with van der Waals surface area (Å²) in [6, 6.07) is 6.68. The number of aromatic carboxylic acids is 1. The first-order valence-electron chi connectivity index (χ1n) is 4.77. The third-order valence-corrected chi connectivity index (χ3v) is 2.05. The summed E-state index contributed by atoms with van der Waals surface area (Å²) >= 11 is 0. The molecule has 0 aromatic carbocycles. The molecule has 2 aromatic rings. The van der Waals surface area contributed by atoms with Crippen molar-refractivity contribution in [2.45, 2.75) is 13.5 Å². The van der Waals surface area contributed by atoms with E-state index in [0.29, 0.717) is 12.4 Å². The number of furan rings is 2. The number of anilines is 1. The Kier molecular flexibility index (Phi) is 2.68. The van der Waals surface area contributed by atoms with Crippen LogP contribution in [0.3, 0.4) is 0 Å². The summed E-state index contributed by atoms with van der Waals surface area (Å²) in [6.45, 7) is 2.32. The maximum atomic E-state index is 10.6. The van der Waals surface area contributed by atoms with Gasteiger partial charge in [0.05, 0.1) is 6.54 Å². The number of hydrogen-bond donors (Lipinski definition) is 2. The minimum absolute atomic E-state index is 0.0851. The highest BCUT2D eigenvalue weighted by molar-refractivity contribution is 5.84. The van der Waals surface area contributed by atoms with Crippen molar-refractivity contribution in [1.82, 2.24) is 0 Å². The van der Waals surface area contributed by atoms with Crippen molar-refractivity contribution in [3.63, 3.8) is 0 Å². The fourth-order valence-electron chi connectivity index (χ4n) is 1.30. The van der Waals surface area contributed by atoms with Gasteiger partial charge in [-0.1, -0.05) is 0 Å². The average molecular weight is 221 g/mol. The molecule has 16 heavy (non-hydrogen) atoms. The van der Waals surface area contributed by atoms with Gasteiger partial charge in [0.15, 0.2) is 5.88 Å². The summed E-state index contributed by atoms with van der Waals surface area (Å²) in [4.78, 5) is 10.6. The maximum absolute atomic E-state index is 10.6. The minimum Gasteiger partial charge on any atom is -0.475 e. The first kappa shape index (κ1) is 10.4. The van der Waals surface area contributed by atoms with Crippen molar-refractivity contribution in [2.75, 3.05) is 5.32 Å². The number of hydrogen-bond acceptors (Lipinski definition) is 4. The normalized spacial score (nSPS) is 10.3. The van der Waals surface area contributed by atoms with E-state index in [1.54, 1.807) is 6.07 Å². The van der Waals surface area contributed by atoms with E-state index in [1.165, 1.54) is 6.07 Å². The van der Waals surface area contributed by atoms with Crippen molar-refractivity contribution >= 4 is 11.9 Å². The molecule has 84 valence electrons. The molecular weight excluding hydrogens is 210 g/mol. The van der Waals surface area contributed by atoms with Gasteiger partial charge in [0.1, 0.15) is 11.5 Å². The minimum atomic E-state index is -1.08. The molecule has 0 saturated heterocycles. The van der Waals surface area contributed by atoms with Gasteiger partial charge in [-0.3, -0.25) is 0 Å². The lowest BCUT2D eigenvalue weighted by molar-refractivity contribution is 0.0663. The van der Waals surface area contributed by atoms with Crippen molar-refractivity contribution in [2.24, 2.45) is 0 Å². The lowest BCUT2D eigenvalue weighted by Crippen LogP contribution is -1.97. The van der Waals surface area contributed by atoms with E-state index in [0.717, 1.165) is 11.5 Å². The molecule has 0 amide bonds. The van der Waals surface area contributed by atoms with Crippen LogP contribution < -0.4 is 5.32 Å². The molecule has 0 unspecified atom stereocenters. The maximum Gasteiger partial charge on any atom is 0.371 e. The van der Waals surface area contributed by atoms with Crippen molar-refractivity contribution in [1.29, 1.82) is 0 Å². The molecule has 2 N–H and O–H groups in total. The van der Waals surface area contributed by atoms with Crippen LogP contribution in [0.2, 0.25) is 0 Å². The topological polar surface area (TPSA) is 75.6 Å². The smallest absolute Gasteiger partial charge is 0.371 e. The van der Waals surface area contributed by atoms with Gasteiger partial charge in [-0.25, -0.2) is 4.79 Å².